The van der Waals surface area contributed by atoms with E-state index in [1.165, 1.54) is 11.5 Å². The van der Waals surface area contributed by atoms with Gasteiger partial charge in [-0.2, -0.15) is 17.5 Å². The maximum absolute atomic E-state index is 13.6. The van der Waals surface area contributed by atoms with E-state index in [1.807, 2.05) is 12.1 Å². The lowest BCUT2D eigenvalue weighted by atomic mass is 9.82. The zero-order valence-electron chi connectivity index (χ0n) is 22.5. The third-order valence-electron chi connectivity index (χ3n) is 7.46. The number of ether oxygens (including phenoxy) is 1. The molecule has 6 rings (SSSR count). The first kappa shape index (κ1) is 31.1. The van der Waals surface area contributed by atoms with Crippen LogP contribution in [-0.4, -0.2) is 75.3 Å². The van der Waals surface area contributed by atoms with Gasteiger partial charge in [0, 0.05) is 30.3 Å². The number of nitrogens with one attached hydrogen (secondary N) is 1. The number of aliphatic carboxylic acids is 1. The SMILES string of the molecule is Cc1nsc(NC(=O)C[N+]23CCC(CC2)[C@@H](OC(=O)C(O)(c2ccccc2)c2ccccc2)C3)n1.O=C([O-])C(F)(F)F. The van der Waals surface area contributed by atoms with Crippen LogP contribution in [0.25, 0.3) is 0 Å². The lowest BCUT2D eigenvalue weighted by molar-refractivity contribution is -0.939. The summed E-state index contributed by atoms with van der Waals surface area (Å²) in [6, 6.07) is 17.8. The maximum atomic E-state index is 13.6. The fraction of sp³-hybridized carbons (Fsp3) is 0.393. The van der Waals surface area contributed by atoms with Crippen LogP contribution in [0.2, 0.25) is 0 Å². The van der Waals surface area contributed by atoms with Gasteiger partial charge in [-0.1, -0.05) is 60.7 Å². The molecule has 42 heavy (non-hydrogen) atoms. The molecule has 0 unspecified atom stereocenters. The van der Waals surface area contributed by atoms with Gasteiger partial charge in [0.05, 0.1) is 13.1 Å². The average molecular weight is 607 g/mol. The highest BCUT2D eigenvalue weighted by Gasteiger charge is 2.51. The Kier molecular flexibility index (Phi) is 9.28. The Bertz CT molecular complexity index is 1360. The highest BCUT2D eigenvalue weighted by Crippen LogP contribution is 2.38. The number of rotatable bonds is 7. The van der Waals surface area contributed by atoms with Crippen molar-refractivity contribution < 1.29 is 47.0 Å². The van der Waals surface area contributed by atoms with Crippen LogP contribution in [0.15, 0.2) is 60.7 Å². The molecule has 0 spiro atoms. The van der Waals surface area contributed by atoms with Crippen LogP contribution in [0.3, 0.4) is 0 Å². The summed E-state index contributed by atoms with van der Waals surface area (Å²) in [6.45, 7) is 4.36. The summed E-state index contributed by atoms with van der Waals surface area (Å²) in [5.74, 6) is -2.94. The third kappa shape index (κ3) is 7.12. The predicted octanol–water partition coefficient (Wildman–Crippen LogP) is 2.17. The first-order chi connectivity index (χ1) is 19.8. The fourth-order valence-corrected chi connectivity index (χ4v) is 5.96. The molecule has 3 aromatic rings. The summed E-state index contributed by atoms with van der Waals surface area (Å²) in [4.78, 5) is 39.4. The van der Waals surface area contributed by atoms with Crippen molar-refractivity contribution in [1.29, 1.82) is 0 Å². The lowest BCUT2D eigenvalue weighted by Gasteiger charge is -2.51. The molecule has 4 heterocycles. The molecule has 224 valence electrons. The number of benzene rings is 2. The van der Waals surface area contributed by atoms with Crippen molar-refractivity contribution in [2.45, 2.75) is 37.6 Å². The van der Waals surface area contributed by atoms with Gasteiger partial charge in [-0.25, -0.2) is 9.78 Å². The smallest absolute Gasteiger partial charge is 0.430 e. The van der Waals surface area contributed by atoms with E-state index in [4.69, 9.17) is 14.6 Å². The van der Waals surface area contributed by atoms with E-state index < -0.39 is 23.7 Å². The zero-order valence-corrected chi connectivity index (χ0v) is 23.4. The first-order valence-corrected chi connectivity index (χ1v) is 13.9. The monoisotopic (exact) mass is 606 g/mol. The number of hydrogen-bond donors (Lipinski definition) is 2. The number of carbonyl (C=O) groups is 3. The zero-order chi connectivity index (χ0) is 30.5. The number of fused-ring (bicyclic) bond motifs is 3. The lowest BCUT2D eigenvalue weighted by Crippen LogP contribution is -2.66. The van der Waals surface area contributed by atoms with Crippen molar-refractivity contribution >= 4 is 34.5 Å². The summed E-state index contributed by atoms with van der Waals surface area (Å²) in [5.41, 5.74) is -0.979. The molecule has 1 amide bonds. The number of quaternary nitrogens is 1. The summed E-state index contributed by atoms with van der Waals surface area (Å²) in [5, 5.41) is 23.9. The number of carboxylic acids is 1. The Hall–Kier alpha value is -3.88. The number of esters is 1. The summed E-state index contributed by atoms with van der Waals surface area (Å²) >= 11 is 1.17. The normalized spacial score (nSPS) is 21.5. The van der Waals surface area contributed by atoms with E-state index in [0.717, 1.165) is 25.9 Å². The topological polar surface area (TPSA) is 142 Å². The Labute approximate surface area is 243 Å². The van der Waals surface area contributed by atoms with Crippen molar-refractivity contribution in [3.63, 3.8) is 0 Å². The Balaban J connectivity index is 0.000000517. The molecule has 2 N–H and O–H groups in total. The highest BCUT2D eigenvalue weighted by atomic mass is 32.1. The van der Waals surface area contributed by atoms with Crippen LogP contribution in [0.5, 0.6) is 0 Å². The molecule has 1 atom stereocenters. The van der Waals surface area contributed by atoms with Gasteiger partial charge in [0.25, 0.3) is 5.91 Å². The van der Waals surface area contributed by atoms with E-state index in [-0.39, 0.29) is 17.9 Å². The predicted molar refractivity (Wildman–Crippen MR) is 143 cm³/mol. The van der Waals surface area contributed by atoms with E-state index in [9.17, 15) is 27.9 Å². The van der Waals surface area contributed by atoms with Gasteiger partial charge >= 0.3 is 12.1 Å². The number of carbonyl (C=O) groups excluding carboxylic acids is 3. The van der Waals surface area contributed by atoms with E-state index >= 15 is 0 Å². The van der Waals surface area contributed by atoms with E-state index in [2.05, 4.69) is 14.7 Å². The number of piperidine rings is 3. The Morgan fingerprint density at radius 3 is 2.02 bits per heavy atom. The van der Waals surface area contributed by atoms with Crippen LogP contribution in [0.4, 0.5) is 18.3 Å². The molecule has 0 aliphatic carbocycles. The molecule has 0 radical (unpaired) electrons. The number of aryl methyl sites for hydroxylation is 1. The van der Waals surface area contributed by atoms with Crippen molar-refractivity contribution in [3.05, 3.63) is 77.6 Å². The number of amides is 1. The Morgan fingerprint density at radius 2 is 1.57 bits per heavy atom. The van der Waals surface area contributed by atoms with Gasteiger partial charge in [-0.3, -0.25) is 10.1 Å². The molecule has 3 fully saturated rings. The van der Waals surface area contributed by atoms with Crippen LogP contribution in [-0.2, 0) is 24.7 Å². The molecule has 1 aromatic heterocycles. The number of aromatic nitrogens is 2. The molecule has 3 aliphatic rings. The molecule has 0 saturated carbocycles. The van der Waals surface area contributed by atoms with Gasteiger partial charge < -0.3 is 24.2 Å². The second-order valence-corrected chi connectivity index (χ2v) is 11.1. The second kappa shape index (κ2) is 12.5. The first-order valence-electron chi connectivity index (χ1n) is 13.1. The van der Waals surface area contributed by atoms with Gasteiger partial charge in [-0.05, 0) is 18.1 Å². The summed E-state index contributed by atoms with van der Waals surface area (Å²) in [7, 11) is 0. The minimum absolute atomic E-state index is 0.114. The summed E-state index contributed by atoms with van der Waals surface area (Å²) in [6.07, 6.45) is -3.81. The molecule has 3 aliphatic heterocycles. The molecular weight excluding hydrogens is 577 g/mol. The second-order valence-electron chi connectivity index (χ2n) is 10.3. The number of anilines is 1. The van der Waals surface area contributed by atoms with Crippen LogP contribution in [0.1, 0.15) is 29.8 Å². The standard InChI is InChI=1S/C26H28N4O4S.C2HF3O2/c1-18-27-25(35-29-18)28-23(31)17-30-14-12-19(13-15-30)22(16-30)34-24(32)26(33,20-8-4-2-5-9-20)21-10-6-3-7-11-21;3-2(4,5)1(6)7/h2-11,19,22,33H,12-17H2,1H3;(H,6,7)/t19?,22-,30?;/m0./s1. The molecule has 10 nitrogen and oxygen atoms in total. The number of alkyl halides is 3. The average Bonchev–Trinajstić information content (AvgIpc) is 3.37. The van der Waals surface area contributed by atoms with E-state index in [0.29, 0.717) is 39.7 Å². The molecule has 2 aromatic carbocycles. The largest absolute Gasteiger partial charge is 0.542 e. The van der Waals surface area contributed by atoms with Gasteiger partial charge in [0.1, 0.15) is 18.3 Å². The maximum Gasteiger partial charge on any atom is 0.430 e. The van der Waals surface area contributed by atoms with Crippen molar-refractivity contribution in [3.8, 4) is 0 Å². The van der Waals surface area contributed by atoms with Gasteiger partial charge in [0.2, 0.25) is 10.7 Å². The Morgan fingerprint density at radius 1 is 1.05 bits per heavy atom. The molecule has 3 saturated heterocycles. The van der Waals surface area contributed by atoms with E-state index in [1.54, 1.807) is 55.5 Å². The molecular formula is C28H29F3N4O6S. The number of carboxylic acid groups (broad SMARTS) is 1. The number of halogens is 3. The number of nitrogens with zero attached hydrogens (tertiary/aromatic N) is 3. The van der Waals surface area contributed by atoms with Crippen LogP contribution < -0.4 is 10.4 Å². The minimum Gasteiger partial charge on any atom is -0.542 e. The third-order valence-corrected chi connectivity index (χ3v) is 8.18. The molecule has 2 bridgehead atoms. The quantitative estimate of drug-likeness (QED) is 0.308. The number of hydrogen-bond acceptors (Lipinski definition) is 9. The minimum atomic E-state index is -5.19. The van der Waals surface area contributed by atoms with Crippen LogP contribution >= 0.6 is 11.5 Å². The van der Waals surface area contributed by atoms with Gasteiger partial charge in [-0.15, -0.1) is 0 Å². The van der Waals surface area contributed by atoms with Crippen LogP contribution in [0, 0.1) is 12.8 Å². The highest BCUT2D eigenvalue weighted by molar-refractivity contribution is 7.09. The summed E-state index contributed by atoms with van der Waals surface area (Å²) < 4.78 is 42.3. The van der Waals surface area contributed by atoms with Gasteiger partial charge in [0.15, 0.2) is 12.6 Å². The number of aliphatic hydroxyl groups is 1. The van der Waals surface area contributed by atoms with Crippen molar-refractivity contribution in [1.82, 2.24) is 9.36 Å². The molecule has 14 heteroatoms. The van der Waals surface area contributed by atoms with Crippen molar-refractivity contribution in [2.24, 2.45) is 5.92 Å². The van der Waals surface area contributed by atoms with Crippen molar-refractivity contribution in [2.75, 3.05) is 31.5 Å². The fourth-order valence-electron chi connectivity index (χ4n) is 5.37.